The molecule has 2 aliphatic heterocycles. The molecule has 2 heterocycles. The molecule has 2 atom stereocenters. The lowest BCUT2D eigenvalue weighted by Crippen LogP contribution is -2.33. The van der Waals surface area contributed by atoms with Crippen LogP contribution in [0.15, 0.2) is 54.6 Å². The lowest BCUT2D eigenvalue weighted by Gasteiger charge is -2.25. The molecule has 1 N–H and O–H groups in total. The van der Waals surface area contributed by atoms with Gasteiger partial charge < -0.3 is 15.1 Å². The Kier molecular flexibility index (Phi) is 5.84. The molecule has 3 amide bonds. The van der Waals surface area contributed by atoms with Crippen LogP contribution in [0.25, 0.3) is 0 Å². The summed E-state index contributed by atoms with van der Waals surface area (Å²) in [6, 6.07) is 17.6. The second-order valence-corrected chi connectivity index (χ2v) is 8.07. The van der Waals surface area contributed by atoms with Crippen molar-refractivity contribution in [3.05, 3.63) is 65.7 Å². The molecule has 30 heavy (non-hydrogen) atoms. The van der Waals surface area contributed by atoms with E-state index in [0.29, 0.717) is 19.5 Å². The summed E-state index contributed by atoms with van der Waals surface area (Å²) in [5.74, 6) is -0.238. The lowest BCUT2D eigenvalue weighted by atomic mass is 10.1. The van der Waals surface area contributed by atoms with E-state index in [1.807, 2.05) is 61.5 Å². The summed E-state index contributed by atoms with van der Waals surface area (Å²) in [7, 11) is 0. The minimum Gasteiger partial charge on any atom is -0.352 e. The van der Waals surface area contributed by atoms with Gasteiger partial charge in [0.1, 0.15) is 0 Å². The Bertz CT molecular complexity index is 926. The molecule has 2 saturated heterocycles. The molecule has 156 valence electrons. The molecule has 0 radical (unpaired) electrons. The number of carbonyl (C=O) groups excluding carboxylic acids is 3. The molecular weight excluding hydrogens is 378 g/mol. The van der Waals surface area contributed by atoms with Crippen LogP contribution in [0.3, 0.4) is 0 Å². The largest absolute Gasteiger partial charge is 0.352 e. The van der Waals surface area contributed by atoms with E-state index >= 15 is 0 Å². The molecule has 2 fully saturated rings. The average Bonchev–Trinajstić information content (AvgIpc) is 3.38. The van der Waals surface area contributed by atoms with Crippen molar-refractivity contribution in [2.24, 2.45) is 5.92 Å². The van der Waals surface area contributed by atoms with Gasteiger partial charge in [-0.05, 0) is 36.6 Å². The molecule has 0 aromatic heterocycles. The second kappa shape index (κ2) is 8.69. The molecule has 0 bridgehead atoms. The molecule has 0 spiro atoms. The Labute approximate surface area is 176 Å². The van der Waals surface area contributed by atoms with E-state index < -0.39 is 0 Å². The van der Waals surface area contributed by atoms with Crippen LogP contribution in [0, 0.1) is 5.92 Å². The van der Waals surface area contributed by atoms with Crippen molar-refractivity contribution < 1.29 is 14.4 Å². The third-order valence-corrected chi connectivity index (χ3v) is 6.07. The molecule has 0 aliphatic carbocycles. The first-order valence-corrected chi connectivity index (χ1v) is 10.5. The fourth-order valence-electron chi connectivity index (χ4n) is 4.24. The number of amides is 3. The Morgan fingerprint density at radius 1 is 1.07 bits per heavy atom. The monoisotopic (exact) mass is 405 g/mol. The van der Waals surface area contributed by atoms with Gasteiger partial charge in [0.15, 0.2) is 0 Å². The Morgan fingerprint density at radius 3 is 2.47 bits per heavy atom. The van der Waals surface area contributed by atoms with Gasteiger partial charge in [-0.15, -0.1) is 0 Å². The Balaban J connectivity index is 1.31. The van der Waals surface area contributed by atoms with Crippen molar-refractivity contribution in [2.75, 3.05) is 18.0 Å². The van der Waals surface area contributed by atoms with Crippen molar-refractivity contribution in [2.45, 2.75) is 38.8 Å². The molecule has 6 heteroatoms. The van der Waals surface area contributed by atoms with Crippen LogP contribution in [0.5, 0.6) is 0 Å². The fourth-order valence-corrected chi connectivity index (χ4v) is 4.24. The minimum absolute atomic E-state index is 0.0196. The van der Waals surface area contributed by atoms with Crippen LogP contribution in [0.1, 0.15) is 43.4 Å². The summed E-state index contributed by atoms with van der Waals surface area (Å²) in [5.41, 5.74) is 2.94. The van der Waals surface area contributed by atoms with E-state index in [1.165, 1.54) is 0 Å². The minimum atomic E-state index is -0.329. The van der Waals surface area contributed by atoms with Gasteiger partial charge in [-0.25, -0.2) is 0 Å². The van der Waals surface area contributed by atoms with Crippen LogP contribution >= 0.6 is 0 Å². The van der Waals surface area contributed by atoms with Crippen molar-refractivity contribution in [3.63, 3.8) is 0 Å². The van der Waals surface area contributed by atoms with Gasteiger partial charge in [0.2, 0.25) is 17.7 Å². The Morgan fingerprint density at radius 2 is 1.80 bits per heavy atom. The quantitative estimate of drug-likeness (QED) is 0.803. The maximum Gasteiger partial charge on any atom is 0.227 e. The summed E-state index contributed by atoms with van der Waals surface area (Å²) in [6.07, 6.45) is 1.76. The van der Waals surface area contributed by atoms with Gasteiger partial charge in [-0.2, -0.15) is 0 Å². The zero-order valence-electron chi connectivity index (χ0n) is 17.2. The summed E-state index contributed by atoms with van der Waals surface area (Å²) in [4.78, 5) is 40.6. The van der Waals surface area contributed by atoms with E-state index in [9.17, 15) is 14.4 Å². The number of likely N-dealkylation sites (tertiary alicyclic amines) is 1. The zero-order valence-corrected chi connectivity index (χ0v) is 17.2. The van der Waals surface area contributed by atoms with E-state index in [0.717, 1.165) is 29.8 Å². The summed E-state index contributed by atoms with van der Waals surface area (Å²) in [6.45, 7) is 3.62. The predicted molar refractivity (Wildman–Crippen MR) is 115 cm³/mol. The van der Waals surface area contributed by atoms with Crippen LogP contribution < -0.4 is 10.2 Å². The zero-order chi connectivity index (χ0) is 21.1. The molecule has 0 saturated carbocycles. The molecule has 0 unspecified atom stereocenters. The lowest BCUT2D eigenvalue weighted by molar-refractivity contribution is -0.130. The standard InChI is InChI=1S/C24H27N3O3/c1-17(19-6-3-2-4-7-19)27-16-20(14-23(27)29)24(30)25-15-18-9-11-21(12-10-18)26-13-5-8-22(26)28/h2-4,6-7,9-12,17,20H,5,8,13-16H2,1H3,(H,25,30)/t17-,20-/m0/s1. The van der Waals surface area contributed by atoms with E-state index in [4.69, 9.17) is 0 Å². The van der Waals surface area contributed by atoms with Gasteiger partial charge in [0.05, 0.1) is 12.0 Å². The highest BCUT2D eigenvalue weighted by Gasteiger charge is 2.36. The topological polar surface area (TPSA) is 69.7 Å². The number of benzene rings is 2. The van der Waals surface area contributed by atoms with Crippen molar-refractivity contribution >= 4 is 23.4 Å². The van der Waals surface area contributed by atoms with E-state index in [1.54, 1.807) is 9.80 Å². The first-order valence-electron chi connectivity index (χ1n) is 10.5. The third kappa shape index (κ3) is 4.22. The fraction of sp³-hybridized carbons (Fsp3) is 0.375. The number of hydrogen-bond donors (Lipinski definition) is 1. The predicted octanol–water partition coefficient (Wildman–Crippen LogP) is 3.04. The second-order valence-electron chi connectivity index (χ2n) is 8.07. The maximum absolute atomic E-state index is 12.6. The van der Waals surface area contributed by atoms with Crippen LogP contribution in [-0.2, 0) is 20.9 Å². The van der Waals surface area contributed by atoms with Gasteiger partial charge in [-0.1, -0.05) is 42.5 Å². The highest BCUT2D eigenvalue weighted by Crippen LogP contribution is 2.28. The summed E-state index contributed by atoms with van der Waals surface area (Å²) >= 11 is 0. The van der Waals surface area contributed by atoms with Crippen LogP contribution in [0.2, 0.25) is 0 Å². The van der Waals surface area contributed by atoms with Gasteiger partial charge >= 0.3 is 0 Å². The highest BCUT2D eigenvalue weighted by atomic mass is 16.2. The summed E-state index contributed by atoms with van der Waals surface area (Å²) < 4.78 is 0. The smallest absolute Gasteiger partial charge is 0.227 e. The van der Waals surface area contributed by atoms with Crippen LogP contribution in [0.4, 0.5) is 5.69 Å². The first-order chi connectivity index (χ1) is 14.5. The number of nitrogens with zero attached hydrogens (tertiary/aromatic N) is 2. The van der Waals surface area contributed by atoms with Crippen molar-refractivity contribution in [1.29, 1.82) is 0 Å². The van der Waals surface area contributed by atoms with Gasteiger partial charge in [-0.3, -0.25) is 14.4 Å². The van der Waals surface area contributed by atoms with E-state index in [-0.39, 0.29) is 36.1 Å². The number of hydrogen-bond acceptors (Lipinski definition) is 3. The van der Waals surface area contributed by atoms with E-state index in [2.05, 4.69) is 5.32 Å². The number of nitrogens with one attached hydrogen (secondary N) is 1. The summed E-state index contributed by atoms with van der Waals surface area (Å²) in [5, 5.41) is 2.96. The average molecular weight is 405 g/mol. The molecular formula is C24H27N3O3. The van der Waals surface area contributed by atoms with Crippen molar-refractivity contribution in [1.82, 2.24) is 10.2 Å². The molecule has 2 aliphatic rings. The highest BCUT2D eigenvalue weighted by molar-refractivity contribution is 5.95. The SMILES string of the molecule is C[C@@H](c1ccccc1)N1C[C@@H](C(=O)NCc2ccc(N3CCCC3=O)cc2)CC1=O. The molecule has 4 rings (SSSR count). The first kappa shape index (κ1) is 20.1. The van der Waals surface area contributed by atoms with Gasteiger partial charge in [0.25, 0.3) is 0 Å². The number of anilines is 1. The van der Waals surface area contributed by atoms with Crippen LogP contribution in [-0.4, -0.2) is 35.7 Å². The van der Waals surface area contributed by atoms with Crippen molar-refractivity contribution in [3.8, 4) is 0 Å². The third-order valence-electron chi connectivity index (χ3n) is 6.07. The molecule has 2 aromatic rings. The molecule has 2 aromatic carbocycles. The maximum atomic E-state index is 12.6. The normalized spacial score (nSPS) is 20.0. The molecule has 6 nitrogen and oxygen atoms in total. The number of rotatable bonds is 6. The Hall–Kier alpha value is -3.15. The van der Waals surface area contributed by atoms with Gasteiger partial charge in [0, 0.05) is 38.2 Å². The number of carbonyl (C=O) groups is 3.